The molecule has 1 aromatic rings. The Morgan fingerprint density at radius 3 is 2.77 bits per heavy atom. The van der Waals surface area contributed by atoms with E-state index in [1.165, 1.54) is 24.9 Å². The third-order valence-corrected chi connectivity index (χ3v) is 4.88. The highest BCUT2D eigenvalue weighted by Crippen LogP contribution is 2.16. The topological polar surface area (TPSA) is 48.9 Å². The Kier molecular flexibility index (Phi) is 11.9. The highest BCUT2D eigenvalue weighted by molar-refractivity contribution is 14.0. The van der Waals surface area contributed by atoms with Crippen molar-refractivity contribution in [2.24, 2.45) is 4.99 Å². The normalized spacial score (nSPS) is 19.0. The van der Waals surface area contributed by atoms with Gasteiger partial charge < -0.3 is 15.4 Å². The molecular formula is C20H35IN4O. The van der Waals surface area contributed by atoms with Crippen LogP contribution in [0.5, 0.6) is 0 Å². The van der Waals surface area contributed by atoms with Crippen molar-refractivity contribution >= 4 is 29.9 Å². The first-order valence-corrected chi connectivity index (χ1v) is 9.59. The quantitative estimate of drug-likeness (QED) is 0.249. The lowest BCUT2D eigenvalue weighted by Crippen LogP contribution is -2.45. The van der Waals surface area contributed by atoms with Crippen LogP contribution in [0.3, 0.4) is 0 Å². The van der Waals surface area contributed by atoms with Crippen LogP contribution in [0.25, 0.3) is 0 Å². The van der Waals surface area contributed by atoms with Crippen molar-refractivity contribution in [1.82, 2.24) is 15.5 Å². The number of nitrogens with one attached hydrogen (secondary N) is 2. The predicted molar refractivity (Wildman–Crippen MR) is 120 cm³/mol. The fraction of sp³-hybridized carbons (Fsp3) is 0.650. The van der Waals surface area contributed by atoms with E-state index in [-0.39, 0.29) is 30.1 Å². The Bertz CT molecular complexity index is 512. The Morgan fingerprint density at radius 2 is 2.08 bits per heavy atom. The number of ether oxygens (including phenoxy) is 1. The minimum absolute atomic E-state index is 0. The van der Waals surface area contributed by atoms with Crippen LogP contribution in [0.2, 0.25) is 0 Å². The maximum atomic E-state index is 5.91. The summed E-state index contributed by atoms with van der Waals surface area (Å²) in [7, 11) is 1.83. The molecule has 148 valence electrons. The van der Waals surface area contributed by atoms with Gasteiger partial charge in [-0.25, -0.2) is 0 Å². The van der Waals surface area contributed by atoms with Crippen LogP contribution in [-0.2, 0) is 4.74 Å². The summed E-state index contributed by atoms with van der Waals surface area (Å²) in [5.74, 6) is 0.888. The maximum absolute atomic E-state index is 5.91. The van der Waals surface area contributed by atoms with Gasteiger partial charge in [0.1, 0.15) is 0 Å². The molecule has 0 aromatic heterocycles. The van der Waals surface area contributed by atoms with Crippen LogP contribution in [0, 0.1) is 0 Å². The second-order valence-electron chi connectivity index (χ2n) is 6.58. The molecule has 1 fully saturated rings. The number of nitrogens with zero attached hydrogens (tertiary/aromatic N) is 2. The number of hydrogen-bond acceptors (Lipinski definition) is 3. The Morgan fingerprint density at radius 1 is 1.31 bits per heavy atom. The van der Waals surface area contributed by atoms with Crippen LogP contribution in [0.15, 0.2) is 35.3 Å². The van der Waals surface area contributed by atoms with Gasteiger partial charge in [0.05, 0.1) is 6.10 Å². The van der Waals surface area contributed by atoms with Gasteiger partial charge in [-0.05, 0) is 44.8 Å². The van der Waals surface area contributed by atoms with Gasteiger partial charge in [0.2, 0.25) is 0 Å². The number of rotatable bonds is 9. The summed E-state index contributed by atoms with van der Waals surface area (Å²) < 4.78 is 5.91. The summed E-state index contributed by atoms with van der Waals surface area (Å²) in [6.45, 7) is 9.28. The van der Waals surface area contributed by atoms with Gasteiger partial charge in [-0.15, -0.1) is 24.0 Å². The summed E-state index contributed by atoms with van der Waals surface area (Å²) >= 11 is 0. The molecule has 0 spiro atoms. The number of halogens is 1. The first kappa shape index (κ1) is 23.2. The van der Waals surface area contributed by atoms with E-state index >= 15 is 0 Å². The van der Waals surface area contributed by atoms with E-state index in [4.69, 9.17) is 4.74 Å². The predicted octanol–water partition coefficient (Wildman–Crippen LogP) is 3.42. The van der Waals surface area contributed by atoms with Crippen LogP contribution in [0.4, 0.5) is 0 Å². The molecule has 5 nitrogen and oxygen atoms in total. The van der Waals surface area contributed by atoms with E-state index in [2.05, 4.69) is 58.6 Å². The number of guanidine groups is 1. The highest BCUT2D eigenvalue weighted by atomic mass is 127. The molecule has 0 bridgehead atoms. The zero-order valence-corrected chi connectivity index (χ0v) is 18.7. The molecule has 1 aromatic carbocycles. The Hall–Kier alpha value is -0.860. The van der Waals surface area contributed by atoms with E-state index in [0.717, 1.165) is 38.6 Å². The van der Waals surface area contributed by atoms with Crippen LogP contribution >= 0.6 is 24.0 Å². The molecule has 2 rings (SSSR count). The molecule has 0 amide bonds. The zero-order chi connectivity index (χ0) is 17.9. The van der Waals surface area contributed by atoms with Crippen LogP contribution < -0.4 is 10.6 Å². The van der Waals surface area contributed by atoms with Crippen molar-refractivity contribution in [2.75, 3.05) is 39.8 Å². The lowest BCUT2D eigenvalue weighted by Gasteiger charge is -2.24. The van der Waals surface area contributed by atoms with Gasteiger partial charge >= 0.3 is 0 Å². The fourth-order valence-electron chi connectivity index (χ4n) is 3.34. The average Bonchev–Trinajstić information content (AvgIpc) is 3.12. The summed E-state index contributed by atoms with van der Waals surface area (Å²) in [5.41, 5.74) is 1.23. The van der Waals surface area contributed by atoms with Gasteiger partial charge in [0, 0.05) is 32.8 Å². The second-order valence-corrected chi connectivity index (χ2v) is 6.58. The van der Waals surface area contributed by atoms with Gasteiger partial charge in [-0.2, -0.15) is 0 Å². The van der Waals surface area contributed by atoms with E-state index in [1.807, 2.05) is 13.1 Å². The van der Waals surface area contributed by atoms with Crippen molar-refractivity contribution in [2.45, 2.75) is 45.3 Å². The lowest BCUT2D eigenvalue weighted by molar-refractivity contribution is 0.0646. The fourth-order valence-corrected chi connectivity index (χ4v) is 3.34. The first-order valence-electron chi connectivity index (χ1n) is 9.59. The monoisotopic (exact) mass is 474 g/mol. The molecule has 1 aliphatic heterocycles. The Labute approximate surface area is 176 Å². The molecule has 0 aliphatic carbocycles. The minimum Gasteiger partial charge on any atom is -0.374 e. The van der Waals surface area contributed by atoms with E-state index in [0.29, 0.717) is 6.04 Å². The molecule has 2 unspecified atom stereocenters. The summed E-state index contributed by atoms with van der Waals surface area (Å²) in [5, 5.41) is 6.84. The van der Waals surface area contributed by atoms with Crippen molar-refractivity contribution in [3.05, 3.63) is 35.9 Å². The molecule has 0 radical (unpaired) electrons. The Balaban J connectivity index is 0.00000338. The van der Waals surface area contributed by atoms with Gasteiger partial charge in [-0.3, -0.25) is 9.89 Å². The van der Waals surface area contributed by atoms with E-state index in [9.17, 15) is 0 Å². The van der Waals surface area contributed by atoms with E-state index in [1.54, 1.807) is 0 Å². The summed E-state index contributed by atoms with van der Waals surface area (Å²) in [6.07, 6.45) is 3.69. The molecule has 1 aliphatic rings. The SMILES string of the molecule is CCN1CCCC1CNC(=NC)NCCCOC(C)c1ccccc1.I. The van der Waals surface area contributed by atoms with Gasteiger partial charge in [0.25, 0.3) is 0 Å². The lowest BCUT2D eigenvalue weighted by atomic mass is 10.1. The van der Waals surface area contributed by atoms with Gasteiger partial charge in [-0.1, -0.05) is 37.3 Å². The smallest absolute Gasteiger partial charge is 0.191 e. The standard InChI is InChI=1S/C20H34N4O.HI/c1-4-24-14-8-12-19(24)16-23-20(21-3)22-13-9-15-25-17(2)18-10-6-5-7-11-18;/h5-7,10-11,17,19H,4,8-9,12-16H2,1-3H3,(H2,21,22,23);1H. The second kappa shape index (κ2) is 13.3. The van der Waals surface area contributed by atoms with Crippen LogP contribution in [-0.4, -0.2) is 56.7 Å². The molecule has 1 heterocycles. The third kappa shape index (κ3) is 7.80. The number of hydrogen-bond donors (Lipinski definition) is 2. The summed E-state index contributed by atoms with van der Waals surface area (Å²) in [4.78, 5) is 6.86. The van der Waals surface area contributed by atoms with Crippen LogP contribution in [0.1, 0.15) is 44.8 Å². The molecule has 26 heavy (non-hydrogen) atoms. The van der Waals surface area contributed by atoms with E-state index < -0.39 is 0 Å². The molecule has 6 heteroatoms. The van der Waals surface area contributed by atoms with Crippen molar-refractivity contribution in [1.29, 1.82) is 0 Å². The number of likely N-dealkylation sites (N-methyl/N-ethyl adjacent to an activating group) is 1. The zero-order valence-electron chi connectivity index (χ0n) is 16.4. The average molecular weight is 474 g/mol. The molecule has 2 atom stereocenters. The third-order valence-electron chi connectivity index (χ3n) is 4.88. The molecule has 0 saturated carbocycles. The highest BCUT2D eigenvalue weighted by Gasteiger charge is 2.22. The minimum atomic E-state index is 0. The van der Waals surface area contributed by atoms with Crippen molar-refractivity contribution < 1.29 is 4.74 Å². The summed E-state index contributed by atoms with van der Waals surface area (Å²) in [6, 6.07) is 11.0. The molecule has 2 N–H and O–H groups in total. The first-order chi connectivity index (χ1) is 12.2. The maximum Gasteiger partial charge on any atom is 0.191 e. The number of aliphatic imine (C=N–C) groups is 1. The molecule has 1 saturated heterocycles. The largest absolute Gasteiger partial charge is 0.374 e. The van der Waals surface area contributed by atoms with Crippen molar-refractivity contribution in [3.63, 3.8) is 0 Å². The van der Waals surface area contributed by atoms with Gasteiger partial charge in [0.15, 0.2) is 5.96 Å². The number of benzene rings is 1. The molecular weight excluding hydrogens is 439 g/mol. The number of likely N-dealkylation sites (tertiary alicyclic amines) is 1. The van der Waals surface area contributed by atoms with Crippen molar-refractivity contribution in [3.8, 4) is 0 Å².